The molecule has 2 heterocycles. The number of fused-ring (bicyclic) bond motifs is 2. The van der Waals surface area contributed by atoms with Crippen molar-refractivity contribution in [1.29, 1.82) is 0 Å². The number of benzene rings is 1. The van der Waals surface area contributed by atoms with Gasteiger partial charge in [-0.2, -0.15) is 0 Å². The summed E-state index contributed by atoms with van der Waals surface area (Å²) >= 11 is -0.723. The van der Waals surface area contributed by atoms with E-state index in [0.29, 0.717) is 11.5 Å². The van der Waals surface area contributed by atoms with Gasteiger partial charge in [-0.3, -0.25) is 9.97 Å². The Morgan fingerprint density at radius 1 is 1.00 bits per heavy atom. The van der Waals surface area contributed by atoms with E-state index in [1.807, 2.05) is 12.1 Å². The fourth-order valence-electron chi connectivity index (χ4n) is 1.76. The lowest BCUT2D eigenvalue weighted by molar-refractivity contribution is 0.597. The Morgan fingerprint density at radius 2 is 1.50 bits per heavy atom. The Morgan fingerprint density at radius 3 is 2.00 bits per heavy atom. The van der Waals surface area contributed by atoms with Crippen molar-refractivity contribution in [2.45, 2.75) is 11.5 Å². The number of hydrogen-bond acceptors (Lipinski definition) is 3. The maximum absolute atomic E-state index is 11.3. The minimum Gasteiger partial charge on any atom is -0.616 e. The largest absolute Gasteiger partial charge is 0.616 e. The molecular formula is C10H8N2OS. The Balaban J connectivity index is 2.27. The van der Waals surface area contributed by atoms with E-state index in [4.69, 9.17) is 0 Å². The first kappa shape index (κ1) is 8.20. The highest BCUT2D eigenvalue weighted by Gasteiger charge is 2.22. The molecule has 0 unspecified atom stereocenters. The molecule has 1 aliphatic rings. The van der Waals surface area contributed by atoms with Crippen LogP contribution in [0.1, 0.15) is 11.1 Å². The lowest BCUT2D eigenvalue weighted by Gasteiger charge is -1.97. The van der Waals surface area contributed by atoms with Crippen LogP contribution in [0.25, 0.3) is 11.0 Å². The van der Waals surface area contributed by atoms with Gasteiger partial charge in [0.05, 0.1) is 11.0 Å². The molecule has 0 saturated carbocycles. The van der Waals surface area contributed by atoms with Gasteiger partial charge < -0.3 is 4.55 Å². The second-order valence-electron chi connectivity index (χ2n) is 3.39. The third kappa shape index (κ3) is 1.19. The first-order valence-corrected chi connectivity index (χ1v) is 5.89. The van der Waals surface area contributed by atoms with Crippen LogP contribution in [0.2, 0.25) is 0 Å². The quantitative estimate of drug-likeness (QED) is 0.609. The third-order valence-corrected chi connectivity index (χ3v) is 3.69. The van der Waals surface area contributed by atoms with E-state index in [9.17, 15) is 4.55 Å². The van der Waals surface area contributed by atoms with Gasteiger partial charge in [0.1, 0.15) is 11.5 Å². The molecule has 3 nitrogen and oxygen atoms in total. The van der Waals surface area contributed by atoms with Crippen molar-refractivity contribution >= 4 is 22.2 Å². The van der Waals surface area contributed by atoms with Gasteiger partial charge in [-0.15, -0.1) is 0 Å². The molecule has 0 aliphatic carbocycles. The van der Waals surface area contributed by atoms with Crippen LogP contribution in [0, 0.1) is 0 Å². The number of hydrogen-bond donors (Lipinski definition) is 0. The normalized spacial score (nSPS) is 16.1. The second-order valence-corrected chi connectivity index (χ2v) is 4.85. The number of rotatable bonds is 0. The van der Waals surface area contributed by atoms with Crippen LogP contribution in [0.15, 0.2) is 24.5 Å². The van der Waals surface area contributed by atoms with Crippen LogP contribution < -0.4 is 0 Å². The molecule has 0 fully saturated rings. The smallest absolute Gasteiger partial charge is 0.131 e. The summed E-state index contributed by atoms with van der Waals surface area (Å²) in [6.07, 6.45) is 3.36. The van der Waals surface area contributed by atoms with E-state index in [1.165, 1.54) is 0 Å². The maximum Gasteiger partial charge on any atom is 0.131 e. The fraction of sp³-hybridized carbons (Fsp3) is 0.200. The number of aromatic nitrogens is 2. The Kier molecular flexibility index (Phi) is 1.72. The van der Waals surface area contributed by atoms with Gasteiger partial charge in [0.2, 0.25) is 0 Å². The first-order valence-electron chi connectivity index (χ1n) is 4.40. The van der Waals surface area contributed by atoms with Crippen LogP contribution in [-0.4, -0.2) is 14.5 Å². The van der Waals surface area contributed by atoms with Gasteiger partial charge in [0.15, 0.2) is 0 Å². The van der Waals surface area contributed by atoms with Crippen molar-refractivity contribution in [2.24, 2.45) is 0 Å². The Hall–Kier alpha value is -1.13. The summed E-state index contributed by atoms with van der Waals surface area (Å²) in [6, 6.07) is 4.01. The Bertz CT molecular complexity index is 456. The predicted molar refractivity (Wildman–Crippen MR) is 55.1 cm³/mol. The van der Waals surface area contributed by atoms with Crippen LogP contribution in [-0.2, 0) is 22.7 Å². The van der Waals surface area contributed by atoms with Crippen LogP contribution in [0.4, 0.5) is 0 Å². The molecule has 1 aromatic heterocycles. The fourth-order valence-corrected chi connectivity index (χ4v) is 3.10. The Labute approximate surface area is 84.4 Å². The zero-order valence-corrected chi connectivity index (χ0v) is 8.25. The van der Waals surface area contributed by atoms with Gasteiger partial charge in [0.25, 0.3) is 0 Å². The van der Waals surface area contributed by atoms with E-state index in [-0.39, 0.29) is 0 Å². The zero-order valence-electron chi connectivity index (χ0n) is 7.43. The summed E-state index contributed by atoms with van der Waals surface area (Å²) in [6.45, 7) is 0. The SMILES string of the molecule is [O-][S+]1Cc2cc3nccnc3cc2C1. The lowest BCUT2D eigenvalue weighted by atomic mass is 10.1. The zero-order chi connectivity index (χ0) is 9.54. The van der Waals surface area contributed by atoms with Crippen molar-refractivity contribution in [3.63, 3.8) is 0 Å². The molecule has 1 aliphatic heterocycles. The molecular weight excluding hydrogens is 196 g/mol. The molecule has 0 bridgehead atoms. The van der Waals surface area contributed by atoms with Gasteiger partial charge >= 0.3 is 0 Å². The molecule has 0 saturated heterocycles. The topological polar surface area (TPSA) is 48.8 Å². The first-order chi connectivity index (χ1) is 6.83. The molecule has 14 heavy (non-hydrogen) atoms. The molecule has 0 amide bonds. The van der Waals surface area contributed by atoms with E-state index >= 15 is 0 Å². The maximum atomic E-state index is 11.3. The highest BCUT2D eigenvalue weighted by atomic mass is 32.2. The van der Waals surface area contributed by atoms with Crippen molar-refractivity contribution in [3.05, 3.63) is 35.7 Å². The molecule has 0 atom stereocenters. The van der Waals surface area contributed by atoms with Gasteiger partial charge in [-0.1, -0.05) is 0 Å². The highest BCUT2D eigenvalue weighted by Crippen LogP contribution is 2.27. The van der Waals surface area contributed by atoms with E-state index in [2.05, 4.69) is 9.97 Å². The summed E-state index contributed by atoms with van der Waals surface area (Å²) in [5.41, 5.74) is 4.11. The lowest BCUT2D eigenvalue weighted by Crippen LogP contribution is -1.95. The van der Waals surface area contributed by atoms with E-state index in [1.54, 1.807) is 12.4 Å². The summed E-state index contributed by atoms with van der Waals surface area (Å²) in [4.78, 5) is 8.44. The molecule has 2 aromatic rings. The van der Waals surface area contributed by atoms with Crippen molar-refractivity contribution in [2.75, 3.05) is 0 Å². The van der Waals surface area contributed by atoms with Crippen molar-refractivity contribution in [3.8, 4) is 0 Å². The predicted octanol–water partition coefficient (Wildman–Crippen LogP) is 1.39. The van der Waals surface area contributed by atoms with Gasteiger partial charge in [-0.25, -0.2) is 0 Å². The minimum absolute atomic E-state index is 0.668. The van der Waals surface area contributed by atoms with Crippen LogP contribution >= 0.6 is 0 Å². The molecule has 3 rings (SSSR count). The van der Waals surface area contributed by atoms with Gasteiger partial charge in [-0.05, 0) is 23.3 Å². The van der Waals surface area contributed by atoms with E-state index < -0.39 is 11.2 Å². The molecule has 4 heteroatoms. The molecule has 70 valence electrons. The molecule has 0 spiro atoms. The standard InChI is InChI=1S/C10H8N2OS/c13-14-5-7-3-9-10(4-8(7)6-14)12-2-1-11-9/h1-4H,5-6H2. The summed E-state index contributed by atoms with van der Waals surface area (Å²) in [5, 5.41) is 0. The second kappa shape index (κ2) is 2.93. The van der Waals surface area contributed by atoms with Gasteiger partial charge in [0, 0.05) is 23.5 Å². The average Bonchev–Trinajstić information content (AvgIpc) is 2.53. The average molecular weight is 204 g/mol. The highest BCUT2D eigenvalue weighted by molar-refractivity contribution is 7.90. The monoisotopic (exact) mass is 204 g/mol. The molecule has 0 N–H and O–H groups in total. The molecule has 1 aromatic carbocycles. The van der Waals surface area contributed by atoms with Crippen molar-refractivity contribution < 1.29 is 4.55 Å². The van der Waals surface area contributed by atoms with Crippen molar-refractivity contribution in [1.82, 2.24) is 9.97 Å². The summed E-state index contributed by atoms with van der Waals surface area (Å²) in [7, 11) is 0. The molecule has 0 radical (unpaired) electrons. The minimum atomic E-state index is -0.723. The van der Waals surface area contributed by atoms with Crippen LogP contribution in [0.5, 0.6) is 0 Å². The van der Waals surface area contributed by atoms with E-state index in [0.717, 1.165) is 22.2 Å². The van der Waals surface area contributed by atoms with Crippen LogP contribution in [0.3, 0.4) is 0 Å². The third-order valence-electron chi connectivity index (χ3n) is 2.42. The summed E-state index contributed by atoms with van der Waals surface area (Å²) < 4.78 is 11.3. The summed E-state index contributed by atoms with van der Waals surface area (Å²) in [5.74, 6) is 1.34. The number of nitrogens with zero attached hydrogens (tertiary/aromatic N) is 2.